The third kappa shape index (κ3) is 8.23. The van der Waals surface area contributed by atoms with Gasteiger partial charge >= 0.3 is 0 Å². The second-order valence-corrected chi connectivity index (χ2v) is 14.7. The molecule has 48 heavy (non-hydrogen) atoms. The molecule has 0 radical (unpaired) electrons. The summed E-state index contributed by atoms with van der Waals surface area (Å²) in [6.45, 7) is 4.53. The smallest absolute Gasteiger partial charge is 0.240 e. The van der Waals surface area contributed by atoms with Gasteiger partial charge in [-0.1, -0.05) is 67.6 Å². The van der Waals surface area contributed by atoms with E-state index >= 15 is 0 Å². The Bertz CT molecular complexity index is 1840. The normalized spacial score (nSPS) is 20.9. The zero-order valence-corrected chi connectivity index (χ0v) is 28.2. The van der Waals surface area contributed by atoms with Crippen LogP contribution < -0.4 is 10.0 Å². The number of aromatic nitrogens is 1. The molecule has 3 unspecified atom stereocenters. The van der Waals surface area contributed by atoms with E-state index in [1.807, 2.05) is 36.4 Å². The minimum atomic E-state index is -3.78. The monoisotopic (exact) mass is 673 g/mol. The van der Waals surface area contributed by atoms with Crippen LogP contribution in [0.2, 0.25) is 0 Å². The third-order valence-corrected chi connectivity index (χ3v) is 10.9. The molecule has 0 spiro atoms. The molecule has 0 fully saturated rings. The number of carbonyl (C=O) groups excluding carboxylic acids is 1. The fourth-order valence-electron chi connectivity index (χ4n) is 7.02. The summed E-state index contributed by atoms with van der Waals surface area (Å²) in [6, 6.07) is 22.8. The number of para-hydroxylation sites is 1. The molecule has 8 nitrogen and oxygen atoms in total. The topological polar surface area (TPSA) is 98.7 Å². The SMILES string of the molecule is CC1C=CCC(COCCNC(=O)CCn2c3c(c4ccccc42)CC(NS(=O)(=O)c2ccc(F)cc2)CC3)(OCc2ccccc2)C1. The van der Waals surface area contributed by atoms with Crippen molar-refractivity contribution in [2.45, 2.75) is 75.1 Å². The van der Waals surface area contributed by atoms with Crippen LogP contribution in [0.5, 0.6) is 0 Å². The largest absolute Gasteiger partial charge is 0.377 e. The van der Waals surface area contributed by atoms with Gasteiger partial charge in [-0.05, 0) is 79.5 Å². The predicted octanol–water partition coefficient (Wildman–Crippen LogP) is 6.08. The summed E-state index contributed by atoms with van der Waals surface area (Å²) >= 11 is 0. The molecular formula is C38H44FN3O5S. The number of rotatable bonds is 14. The summed E-state index contributed by atoms with van der Waals surface area (Å²) in [5, 5.41) is 4.08. The molecule has 2 aliphatic rings. The van der Waals surface area contributed by atoms with Crippen molar-refractivity contribution in [1.29, 1.82) is 0 Å². The highest BCUT2D eigenvalue weighted by molar-refractivity contribution is 7.89. The van der Waals surface area contributed by atoms with E-state index in [0.29, 0.717) is 64.5 Å². The zero-order chi connectivity index (χ0) is 33.6. The van der Waals surface area contributed by atoms with Gasteiger partial charge in [-0.2, -0.15) is 0 Å². The van der Waals surface area contributed by atoms with Gasteiger partial charge in [-0.3, -0.25) is 4.79 Å². The number of hydrogen-bond donors (Lipinski definition) is 2. The number of nitrogens with zero attached hydrogens (tertiary/aromatic N) is 1. The molecule has 1 aromatic heterocycles. The Kier molecular flexibility index (Phi) is 10.8. The number of amides is 1. The maximum atomic E-state index is 13.4. The maximum Gasteiger partial charge on any atom is 0.240 e. The highest BCUT2D eigenvalue weighted by Gasteiger charge is 2.34. The van der Waals surface area contributed by atoms with Gasteiger partial charge in [0.25, 0.3) is 0 Å². The van der Waals surface area contributed by atoms with Crippen molar-refractivity contribution in [3.63, 3.8) is 0 Å². The average Bonchev–Trinajstić information content (AvgIpc) is 3.39. The summed E-state index contributed by atoms with van der Waals surface area (Å²) in [7, 11) is -3.78. The van der Waals surface area contributed by atoms with E-state index in [0.717, 1.165) is 52.7 Å². The molecule has 4 aromatic rings. The van der Waals surface area contributed by atoms with Gasteiger partial charge in [0.2, 0.25) is 15.9 Å². The molecule has 6 rings (SSSR count). The number of allylic oxidation sites excluding steroid dienone is 1. The van der Waals surface area contributed by atoms with Crippen molar-refractivity contribution in [1.82, 2.24) is 14.6 Å². The highest BCUT2D eigenvalue weighted by atomic mass is 32.2. The molecule has 3 atom stereocenters. The van der Waals surface area contributed by atoms with Crippen LogP contribution in [0.4, 0.5) is 4.39 Å². The van der Waals surface area contributed by atoms with Crippen molar-refractivity contribution in [3.8, 4) is 0 Å². The van der Waals surface area contributed by atoms with E-state index in [4.69, 9.17) is 9.47 Å². The molecule has 254 valence electrons. The number of ether oxygens (including phenoxy) is 2. The van der Waals surface area contributed by atoms with Crippen LogP contribution in [0.3, 0.4) is 0 Å². The first-order chi connectivity index (χ1) is 23.2. The molecule has 1 heterocycles. The third-order valence-electron chi connectivity index (χ3n) is 9.35. The van der Waals surface area contributed by atoms with Gasteiger partial charge in [-0.25, -0.2) is 17.5 Å². The van der Waals surface area contributed by atoms with Crippen molar-refractivity contribution in [2.24, 2.45) is 5.92 Å². The lowest BCUT2D eigenvalue weighted by Crippen LogP contribution is -2.41. The van der Waals surface area contributed by atoms with Crippen LogP contribution >= 0.6 is 0 Å². The Morgan fingerprint density at radius 3 is 2.60 bits per heavy atom. The minimum absolute atomic E-state index is 0.0462. The first kappa shape index (κ1) is 34.0. The average molecular weight is 674 g/mol. The number of fused-ring (bicyclic) bond motifs is 3. The Morgan fingerprint density at radius 2 is 1.81 bits per heavy atom. The van der Waals surface area contributed by atoms with Gasteiger partial charge in [0, 0.05) is 42.1 Å². The Morgan fingerprint density at radius 1 is 1.04 bits per heavy atom. The van der Waals surface area contributed by atoms with Crippen LogP contribution in [0.25, 0.3) is 10.9 Å². The van der Waals surface area contributed by atoms with Crippen LogP contribution in [0.1, 0.15) is 49.4 Å². The molecule has 2 aliphatic carbocycles. The first-order valence-corrected chi connectivity index (χ1v) is 18.3. The second kappa shape index (κ2) is 15.2. The van der Waals surface area contributed by atoms with Gasteiger partial charge < -0.3 is 19.4 Å². The fraction of sp³-hybridized carbons (Fsp3) is 0.395. The maximum absolute atomic E-state index is 13.4. The van der Waals surface area contributed by atoms with E-state index < -0.39 is 15.8 Å². The molecule has 0 saturated carbocycles. The molecule has 0 saturated heterocycles. The molecule has 2 N–H and O–H groups in total. The van der Waals surface area contributed by atoms with Gasteiger partial charge in [-0.15, -0.1) is 0 Å². The van der Waals surface area contributed by atoms with E-state index in [9.17, 15) is 17.6 Å². The van der Waals surface area contributed by atoms with E-state index in [2.05, 4.69) is 51.9 Å². The number of hydrogen-bond acceptors (Lipinski definition) is 5. The zero-order valence-electron chi connectivity index (χ0n) is 27.4. The summed E-state index contributed by atoms with van der Waals surface area (Å²) in [4.78, 5) is 13.0. The Balaban J connectivity index is 1.01. The molecular weight excluding hydrogens is 629 g/mol. The molecule has 0 bridgehead atoms. The number of halogens is 1. The van der Waals surface area contributed by atoms with Crippen LogP contribution in [0.15, 0.2) is 95.9 Å². The summed E-state index contributed by atoms with van der Waals surface area (Å²) in [5.74, 6) is -0.119. The lowest BCUT2D eigenvalue weighted by Gasteiger charge is -2.37. The summed E-state index contributed by atoms with van der Waals surface area (Å²) in [6.07, 6.45) is 8.25. The summed E-state index contributed by atoms with van der Waals surface area (Å²) < 4.78 is 56.9. The molecule has 10 heteroatoms. The van der Waals surface area contributed by atoms with Crippen LogP contribution in [0, 0.1) is 11.7 Å². The van der Waals surface area contributed by atoms with E-state index in [-0.39, 0.29) is 22.4 Å². The number of carbonyl (C=O) groups is 1. The van der Waals surface area contributed by atoms with E-state index in [1.165, 1.54) is 12.1 Å². The number of sulfonamides is 1. The molecule has 0 aliphatic heterocycles. The van der Waals surface area contributed by atoms with Crippen LogP contribution in [-0.2, 0) is 50.3 Å². The van der Waals surface area contributed by atoms with Gasteiger partial charge in [0.15, 0.2) is 0 Å². The van der Waals surface area contributed by atoms with Gasteiger partial charge in [0.05, 0.1) is 30.3 Å². The standard InChI is InChI=1S/C38H44FN3O5S/c1-28-8-7-20-38(25-28,47-26-29-9-3-2-4-10-29)27-46-23-21-40-37(43)19-22-42-35-12-6-5-11-33(35)34-24-31(15-18-36(34)42)41-48(44,45)32-16-13-30(39)14-17-32/h2-14,16-17,28,31,41H,15,18-27H2,1H3,(H,40,43). The van der Waals surface area contributed by atoms with Crippen molar-refractivity contribution >= 4 is 26.8 Å². The molecule has 3 aromatic carbocycles. The predicted molar refractivity (Wildman–Crippen MR) is 184 cm³/mol. The lowest BCUT2D eigenvalue weighted by molar-refractivity contribution is -0.123. The molecule has 1 amide bonds. The Hall–Kier alpha value is -3.83. The lowest BCUT2D eigenvalue weighted by atomic mass is 9.84. The van der Waals surface area contributed by atoms with Crippen molar-refractivity contribution < 1.29 is 27.1 Å². The van der Waals surface area contributed by atoms with Crippen molar-refractivity contribution in [2.75, 3.05) is 19.8 Å². The van der Waals surface area contributed by atoms with Crippen LogP contribution in [-0.4, -0.2) is 50.3 Å². The fourth-order valence-corrected chi connectivity index (χ4v) is 8.29. The van der Waals surface area contributed by atoms with Gasteiger partial charge in [0.1, 0.15) is 5.82 Å². The van der Waals surface area contributed by atoms with E-state index in [1.54, 1.807) is 0 Å². The highest BCUT2D eigenvalue weighted by Crippen LogP contribution is 2.34. The van der Waals surface area contributed by atoms with Crippen molar-refractivity contribution in [3.05, 3.63) is 114 Å². The Labute approximate surface area is 282 Å². The quantitative estimate of drug-likeness (QED) is 0.125. The second-order valence-electron chi connectivity index (χ2n) is 13.0. The minimum Gasteiger partial charge on any atom is -0.377 e. The number of aryl methyl sites for hydroxylation is 1. The number of benzene rings is 3. The first-order valence-electron chi connectivity index (χ1n) is 16.8. The summed E-state index contributed by atoms with van der Waals surface area (Å²) in [5.41, 5.74) is 4.03. The number of nitrogens with one attached hydrogen (secondary N) is 2.